The molecule has 0 atom stereocenters. The number of hydrogen-bond donors (Lipinski definition) is 1. The second kappa shape index (κ2) is 8.12. The number of rotatable bonds is 7. The van der Waals surface area contributed by atoms with Crippen LogP contribution in [0.2, 0.25) is 0 Å². The fourth-order valence-corrected chi connectivity index (χ4v) is 2.18. The number of aryl methyl sites for hydroxylation is 1. The van der Waals surface area contributed by atoms with E-state index in [1.807, 2.05) is 44.3 Å². The van der Waals surface area contributed by atoms with Crippen molar-refractivity contribution in [1.82, 2.24) is 15.1 Å². The van der Waals surface area contributed by atoms with Crippen molar-refractivity contribution in [2.24, 2.45) is 0 Å². The third-order valence-electron chi connectivity index (χ3n) is 3.46. The molecule has 0 saturated carbocycles. The summed E-state index contributed by atoms with van der Waals surface area (Å²) in [5, 5.41) is 6.93. The van der Waals surface area contributed by atoms with Crippen molar-refractivity contribution in [3.05, 3.63) is 58.5 Å². The lowest BCUT2D eigenvalue weighted by molar-refractivity contribution is 0.0947. The second-order valence-corrected chi connectivity index (χ2v) is 5.29. The standard InChI is InChI=1S/C17H22N4O2/c1-3-12-21-16(22)10-9-15(19-21)17(23)18-11-13-20(2)14-7-5-4-6-8-14/h4-10H,3,11-13H2,1-2H3,(H,18,23). The Morgan fingerprint density at radius 1 is 1.22 bits per heavy atom. The zero-order valence-corrected chi connectivity index (χ0v) is 13.5. The molecule has 0 aliphatic carbocycles. The van der Waals surface area contributed by atoms with E-state index in [4.69, 9.17) is 0 Å². The number of carbonyl (C=O) groups excluding carboxylic acids is 1. The Bertz CT molecular complexity index is 697. The second-order valence-electron chi connectivity index (χ2n) is 5.29. The minimum Gasteiger partial charge on any atom is -0.373 e. The van der Waals surface area contributed by atoms with Crippen LogP contribution in [-0.4, -0.2) is 35.8 Å². The summed E-state index contributed by atoms with van der Waals surface area (Å²) >= 11 is 0. The van der Waals surface area contributed by atoms with Crippen LogP contribution in [0.3, 0.4) is 0 Å². The fourth-order valence-electron chi connectivity index (χ4n) is 2.18. The first-order valence-electron chi connectivity index (χ1n) is 7.74. The van der Waals surface area contributed by atoms with Gasteiger partial charge in [-0.15, -0.1) is 0 Å². The number of nitrogens with zero attached hydrogens (tertiary/aromatic N) is 3. The first-order valence-corrected chi connectivity index (χ1v) is 7.74. The van der Waals surface area contributed by atoms with Gasteiger partial charge in [0.2, 0.25) is 0 Å². The van der Waals surface area contributed by atoms with Crippen LogP contribution in [0.25, 0.3) is 0 Å². The molecule has 0 spiro atoms. The average Bonchev–Trinajstić information content (AvgIpc) is 2.57. The number of benzene rings is 1. The minimum atomic E-state index is -0.267. The van der Waals surface area contributed by atoms with Gasteiger partial charge in [-0.2, -0.15) is 5.10 Å². The number of hydrogen-bond acceptors (Lipinski definition) is 4. The predicted molar refractivity (Wildman–Crippen MR) is 90.8 cm³/mol. The normalized spacial score (nSPS) is 10.3. The summed E-state index contributed by atoms with van der Waals surface area (Å²) in [7, 11) is 1.97. The molecule has 2 aromatic rings. The highest BCUT2D eigenvalue weighted by atomic mass is 16.2. The Hall–Kier alpha value is -2.63. The Labute approximate surface area is 135 Å². The van der Waals surface area contributed by atoms with Crippen molar-refractivity contribution in [2.45, 2.75) is 19.9 Å². The van der Waals surface area contributed by atoms with Gasteiger partial charge in [0.1, 0.15) is 5.69 Å². The Kier molecular flexibility index (Phi) is 5.91. The number of carbonyl (C=O) groups is 1. The molecule has 0 saturated heterocycles. The Balaban J connectivity index is 1.90. The van der Waals surface area contributed by atoms with Gasteiger partial charge in [-0.25, -0.2) is 4.68 Å². The molecule has 6 nitrogen and oxygen atoms in total. The van der Waals surface area contributed by atoms with E-state index in [2.05, 4.69) is 15.3 Å². The third kappa shape index (κ3) is 4.67. The van der Waals surface area contributed by atoms with Gasteiger partial charge < -0.3 is 10.2 Å². The Morgan fingerprint density at radius 2 is 1.96 bits per heavy atom. The molecule has 0 unspecified atom stereocenters. The zero-order valence-electron chi connectivity index (χ0n) is 13.5. The summed E-state index contributed by atoms with van der Waals surface area (Å²) in [5.74, 6) is -0.267. The zero-order chi connectivity index (χ0) is 16.7. The van der Waals surface area contributed by atoms with Gasteiger partial charge in [0.25, 0.3) is 11.5 Å². The van der Waals surface area contributed by atoms with E-state index in [1.54, 1.807) is 0 Å². The molecule has 122 valence electrons. The largest absolute Gasteiger partial charge is 0.373 e. The van der Waals surface area contributed by atoms with Crippen LogP contribution >= 0.6 is 0 Å². The van der Waals surface area contributed by atoms with E-state index >= 15 is 0 Å². The lowest BCUT2D eigenvalue weighted by Gasteiger charge is -2.19. The van der Waals surface area contributed by atoms with Gasteiger partial charge in [-0.1, -0.05) is 25.1 Å². The molecule has 1 N–H and O–H groups in total. The van der Waals surface area contributed by atoms with Crippen molar-refractivity contribution in [2.75, 3.05) is 25.0 Å². The van der Waals surface area contributed by atoms with E-state index in [-0.39, 0.29) is 17.2 Å². The van der Waals surface area contributed by atoms with Crippen LogP contribution in [-0.2, 0) is 6.54 Å². The molecule has 6 heteroatoms. The van der Waals surface area contributed by atoms with Crippen LogP contribution in [0.5, 0.6) is 0 Å². The summed E-state index contributed by atoms with van der Waals surface area (Å²) in [5.41, 5.74) is 1.17. The summed E-state index contributed by atoms with van der Waals surface area (Å²) in [6.45, 7) is 3.65. The summed E-state index contributed by atoms with van der Waals surface area (Å²) < 4.78 is 1.32. The van der Waals surface area contributed by atoms with Gasteiger partial charge in [0.05, 0.1) is 0 Å². The van der Waals surface area contributed by atoms with Crippen molar-refractivity contribution < 1.29 is 4.79 Å². The van der Waals surface area contributed by atoms with E-state index < -0.39 is 0 Å². The van der Waals surface area contributed by atoms with Gasteiger partial charge in [0.15, 0.2) is 0 Å². The fraction of sp³-hybridized carbons (Fsp3) is 0.353. The highest BCUT2D eigenvalue weighted by Crippen LogP contribution is 2.09. The molecule has 1 heterocycles. The molecule has 0 fully saturated rings. The molecule has 2 rings (SSSR count). The van der Waals surface area contributed by atoms with E-state index in [1.165, 1.54) is 16.8 Å². The lowest BCUT2D eigenvalue weighted by atomic mass is 10.3. The van der Waals surface area contributed by atoms with Crippen molar-refractivity contribution >= 4 is 11.6 Å². The third-order valence-corrected chi connectivity index (χ3v) is 3.46. The summed E-state index contributed by atoms with van der Waals surface area (Å²) in [6.07, 6.45) is 0.792. The first-order chi connectivity index (χ1) is 11.1. The number of aromatic nitrogens is 2. The van der Waals surface area contributed by atoms with Crippen LogP contribution < -0.4 is 15.8 Å². The molecule has 0 aliphatic heterocycles. The number of nitrogens with one attached hydrogen (secondary N) is 1. The van der Waals surface area contributed by atoms with E-state index in [0.29, 0.717) is 19.6 Å². The van der Waals surface area contributed by atoms with Crippen LogP contribution in [0, 0.1) is 0 Å². The minimum absolute atomic E-state index is 0.188. The van der Waals surface area contributed by atoms with Gasteiger partial charge in [0, 0.05) is 38.4 Å². The first kappa shape index (κ1) is 16.7. The predicted octanol–water partition coefficient (Wildman–Crippen LogP) is 1.52. The molecular formula is C17H22N4O2. The number of anilines is 1. The molecule has 23 heavy (non-hydrogen) atoms. The maximum atomic E-state index is 12.1. The lowest BCUT2D eigenvalue weighted by Crippen LogP contribution is -2.34. The maximum absolute atomic E-state index is 12.1. The highest BCUT2D eigenvalue weighted by Gasteiger charge is 2.09. The van der Waals surface area contributed by atoms with Crippen LogP contribution in [0.4, 0.5) is 5.69 Å². The highest BCUT2D eigenvalue weighted by molar-refractivity contribution is 5.92. The van der Waals surface area contributed by atoms with Crippen molar-refractivity contribution in [3.8, 4) is 0 Å². The number of para-hydroxylation sites is 1. The molecular weight excluding hydrogens is 292 g/mol. The van der Waals surface area contributed by atoms with E-state index in [0.717, 1.165) is 12.1 Å². The summed E-state index contributed by atoms with van der Waals surface area (Å²) in [4.78, 5) is 25.8. The monoisotopic (exact) mass is 314 g/mol. The summed E-state index contributed by atoms with van der Waals surface area (Å²) in [6, 6.07) is 12.8. The average molecular weight is 314 g/mol. The molecule has 0 aliphatic rings. The van der Waals surface area contributed by atoms with Crippen molar-refractivity contribution in [1.29, 1.82) is 0 Å². The van der Waals surface area contributed by atoms with Crippen molar-refractivity contribution in [3.63, 3.8) is 0 Å². The van der Waals surface area contributed by atoms with Crippen LogP contribution in [0.15, 0.2) is 47.3 Å². The van der Waals surface area contributed by atoms with Gasteiger partial charge in [-0.05, 0) is 24.6 Å². The molecule has 1 aromatic heterocycles. The number of amides is 1. The van der Waals surface area contributed by atoms with Crippen LogP contribution in [0.1, 0.15) is 23.8 Å². The maximum Gasteiger partial charge on any atom is 0.271 e. The molecule has 0 bridgehead atoms. The topological polar surface area (TPSA) is 67.2 Å². The smallest absolute Gasteiger partial charge is 0.271 e. The molecule has 0 radical (unpaired) electrons. The SMILES string of the molecule is CCCn1nc(C(=O)NCCN(C)c2ccccc2)ccc1=O. The Morgan fingerprint density at radius 3 is 2.65 bits per heavy atom. The molecule has 1 amide bonds. The molecule has 1 aromatic carbocycles. The number of likely N-dealkylation sites (N-methyl/N-ethyl adjacent to an activating group) is 1. The van der Waals surface area contributed by atoms with E-state index in [9.17, 15) is 9.59 Å². The van der Waals surface area contributed by atoms with Gasteiger partial charge >= 0.3 is 0 Å². The quantitative estimate of drug-likeness (QED) is 0.841. The van der Waals surface area contributed by atoms with Gasteiger partial charge in [-0.3, -0.25) is 9.59 Å².